The van der Waals surface area contributed by atoms with Gasteiger partial charge >= 0.3 is 0 Å². The van der Waals surface area contributed by atoms with E-state index < -0.39 is 11.6 Å². The molecule has 3 aromatic rings. The van der Waals surface area contributed by atoms with E-state index in [9.17, 15) is 8.78 Å². The molecule has 0 aliphatic heterocycles. The summed E-state index contributed by atoms with van der Waals surface area (Å²) in [7, 11) is 2.03. The lowest BCUT2D eigenvalue weighted by Gasteiger charge is -2.20. The van der Waals surface area contributed by atoms with Crippen molar-refractivity contribution >= 4 is 11.4 Å². The number of benzene rings is 3. The summed E-state index contributed by atoms with van der Waals surface area (Å²) in [6, 6.07) is 21.9. The van der Waals surface area contributed by atoms with Crippen LogP contribution in [0, 0.1) is 11.6 Å². The average Bonchev–Trinajstić information content (AvgIpc) is 2.66. The zero-order valence-corrected chi connectivity index (χ0v) is 14.9. The smallest absolute Gasteiger partial charge is 0.130 e. The second kappa shape index (κ2) is 8.11. The molecule has 0 unspecified atom stereocenters. The first-order chi connectivity index (χ1) is 12.5. The molecule has 0 bridgehead atoms. The largest absolute Gasteiger partial charge is 0.345 e. The van der Waals surface area contributed by atoms with Gasteiger partial charge in [0.15, 0.2) is 0 Å². The molecule has 0 aromatic heterocycles. The fourth-order valence-electron chi connectivity index (χ4n) is 2.87. The van der Waals surface area contributed by atoms with Gasteiger partial charge in [0.1, 0.15) is 11.6 Å². The molecule has 26 heavy (non-hydrogen) atoms. The van der Waals surface area contributed by atoms with Crippen LogP contribution in [0.1, 0.15) is 24.1 Å². The van der Waals surface area contributed by atoms with Crippen molar-refractivity contribution in [1.29, 1.82) is 0 Å². The monoisotopic (exact) mass is 352 g/mol. The van der Waals surface area contributed by atoms with Crippen molar-refractivity contribution in [3.05, 3.63) is 95.6 Å². The van der Waals surface area contributed by atoms with Crippen LogP contribution >= 0.6 is 0 Å². The SMILES string of the molecule is C[C@H](NCc1ccc(N(C)c2ccccc2)cc1)c1ccc(F)cc1F. The molecule has 0 amide bonds. The molecule has 0 saturated heterocycles. The van der Waals surface area contributed by atoms with Crippen LogP contribution in [0.2, 0.25) is 0 Å². The van der Waals surface area contributed by atoms with E-state index in [1.165, 1.54) is 12.1 Å². The second-order valence-electron chi connectivity index (χ2n) is 6.33. The van der Waals surface area contributed by atoms with Gasteiger partial charge in [-0.2, -0.15) is 0 Å². The Kier molecular flexibility index (Phi) is 5.64. The Morgan fingerprint density at radius 1 is 0.885 bits per heavy atom. The van der Waals surface area contributed by atoms with E-state index in [0.29, 0.717) is 12.1 Å². The molecule has 3 aromatic carbocycles. The van der Waals surface area contributed by atoms with Crippen molar-refractivity contribution in [2.45, 2.75) is 19.5 Å². The third-order valence-corrected chi connectivity index (χ3v) is 4.51. The highest BCUT2D eigenvalue weighted by Crippen LogP contribution is 2.24. The van der Waals surface area contributed by atoms with Crippen molar-refractivity contribution in [2.24, 2.45) is 0 Å². The summed E-state index contributed by atoms with van der Waals surface area (Å²) in [5.41, 5.74) is 3.78. The van der Waals surface area contributed by atoms with E-state index in [2.05, 4.69) is 46.6 Å². The van der Waals surface area contributed by atoms with Gasteiger partial charge < -0.3 is 10.2 Å². The van der Waals surface area contributed by atoms with Gasteiger partial charge in [-0.25, -0.2) is 8.78 Å². The Morgan fingerprint density at radius 2 is 1.54 bits per heavy atom. The second-order valence-corrected chi connectivity index (χ2v) is 6.33. The van der Waals surface area contributed by atoms with E-state index in [1.54, 1.807) is 0 Å². The summed E-state index contributed by atoms with van der Waals surface area (Å²) in [5.74, 6) is -1.08. The van der Waals surface area contributed by atoms with E-state index in [0.717, 1.165) is 23.0 Å². The quantitative estimate of drug-likeness (QED) is 0.623. The maximum Gasteiger partial charge on any atom is 0.130 e. The normalized spacial score (nSPS) is 12.0. The number of para-hydroxylation sites is 1. The number of halogens is 2. The summed E-state index contributed by atoms with van der Waals surface area (Å²) < 4.78 is 26.9. The van der Waals surface area contributed by atoms with Crippen LogP contribution < -0.4 is 10.2 Å². The Hall–Kier alpha value is -2.72. The van der Waals surface area contributed by atoms with Crippen molar-refractivity contribution in [3.8, 4) is 0 Å². The van der Waals surface area contributed by atoms with Gasteiger partial charge in [-0.1, -0.05) is 36.4 Å². The van der Waals surface area contributed by atoms with Gasteiger partial charge in [-0.05, 0) is 42.8 Å². The lowest BCUT2D eigenvalue weighted by molar-refractivity contribution is 0.518. The molecule has 1 N–H and O–H groups in total. The minimum Gasteiger partial charge on any atom is -0.345 e. The number of nitrogens with one attached hydrogen (secondary N) is 1. The number of hydrogen-bond donors (Lipinski definition) is 1. The van der Waals surface area contributed by atoms with Gasteiger partial charge in [0, 0.05) is 42.6 Å². The van der Waals surface area contributed by atoms with Crippen LogP contribution in [0.15, 0.2) is 72.8 Å². The van der Waals surface area contributed by atoms with Gasteiger partial charge in [-0.3, -0.25) is 0 Å². The Balaban J connectivity index is 1.62. The topological polar surface area (TPSA) is 15.3 Å². The molecule has 4 heteroatoms. The molecule has 134 valence electrons. The Morgan fingerprint density at radius 3 is 2.19 bits per heavy atom. The minimum absolute atomic E-state index is 0.206. The number of anilines is 2. The lowest BCUT2D eigenvalue weighted by atomic mass is 10.1. The van der Waals surface area contributed by atoms with Gasteiger partial charge in [0.05, 0.1) is 0 Å². The van der Waals surface area contributed by atoms with Crippen molar-refractivity contribution in [1.82, 2.24) is 5.32 Å². The van der Waals surface area contributed by atoms with Crippen LogP contribution in [-0.2, 0) is 6.54 Å². The Labute approximate surface area is 153 Å². The molecule has 0 radical (unpaired) electrons. The highest BCUT2D eigenvalue weighted by molar-refractivity contribution is 5.62. The van der Waals surface area contributed by atoms with Gasteiger partial charge in [0.2, 0.25) is 0 Å². The fourth-order valence-corrected chi connectivity index (χ4v) is 2.87. The van der Waals surface area contributed by atoms with E-state index in [-0.39, 0.29) is 6.04 Å². The third-order valence-electron chi connectivity index (χ3n) is 4.51. The number of hydrogen-bond acceptors (Lipinski definition) is 2. The predicted molar refractivity (Wildman–Crippen MR) is 103 cm³/mol. The van der Waals surface area contributed by atoms with Crippen LogP contribution in [0.3, 0.4) is 0 Å². The first kappa shape index (κ1) is 18.1. The zero-order valence-electron chi connectivity index (χ0n) is 14.9. The first-order valence-corrected chi connectivity index (χ1v) is 8.60. The van der Waals surface area contributed by atoms with Crippen molar-refractivity contribution < 1.29 is 8.78 Å². The molecule has 0 spiro atoms. The van der Waals surface area contributed by atoms with Crippen LogP contribution in [0.25, 0.3) is 0 Å². The summed E-state index contributed by atoms with van der Waals surface area (Å²) in [6.07, 6.45) is 0. The predicted octanol–water partition coefficient (Wildman–Crippen LogP) is 5.58. The summed E-state index contributed by atoms with van der Waals surface area (Å²) in [6.45, 7) is 2.47. The van der Waals surface area contributed by atoms with Crippen molar-refractivity contribution in [3.63, 3.8) is 0 Å². The third kappa shape index (κ3) is 4.27. The summed E-state index contributed by atoms with van der Waals surface area (Å²) >= 11 is 0. The standard InChI is InChI=1S/C22H22F2N2/c1-16(21-13-10-18(23)14-22(21)24)25-15-17-8-11-20(12-9-17)26(2)19-6-4-3-5-7-19/h3-14,16,25H,15H2,1-2H3/t16-/m0/s1. The molecule has 3 rings (SSSR count). The minimum atomic E-state index is -0.559. The number of nitrogens with zero attached hydrogens (tertiary/aromatic N) is 1. The van der Waals surface area contributed by atoms with Crippen molar-refractivity contribution in [2.75, 3.05) is 11.9 Å². The van der Waals surface area contributed by atoms with E-state index in [4.69, 9.17) is 0 Å². The lowest BCUT2D eigenvalue weighted by Crippen LogP contribution is -2.19. The van der Waals surface area contributed by atoms with Crippen LogP contribution in [0.4, 0.5) is 20.2 Å². The highest BCUT2D eigenvalue weighted by atomic mass is 19.1. The number of rotatable bonds is 6. The van der Waals surface area contributed by atoms with E-state index in [1.807, 2.05) is 32.2 Å². The maximum atomic E-state index is 13.8. The maximum absolute atomic E-state index is 13.8. The molecular weight excluding hydrogens is 330 g/mol. The summed E-state index contributed by atoms with van der Waals surface area (Å²) in [5, 5.41) is 3.28. The highest BCUT2D eigenvalue weighted by Gasteiger charge is 2.11. The van der Waals surface area contributed by atoms with Gasteiger partial charge in [-0.15, -0.1) is 0 Å². The molecule has 2 nitrogen and oxygen atoms in total. The Bertz CT molecular complexity index is 848. The van der Waals surface area contributed by atoms with E-state index >= 15 is 0 Å². The summed E-state index contributed by atoms with van der Waals surface area (Å²) in [4.78, 5) is 2.12. The molecule has 0 aliphatic rings. The van der Waals surface area contributed by atoms with Crippen LogP contribution in [-0.4, -0.2) is 7.05 Å². The molecule has 1 atom stereocenters. The molecule has 0 heterocycles. The zero-order chi connectivity index (χ0) is 18.5. The average molecular weight is 352 g/mol. The fraction of sp³-hybridized carbons (Fsp3) is 0.182. The molecule has 0 fully saturated rings. The molecule has 0 saturated carbocycles. The molecular formula is C22H22F2N2. The molecule has 0 aliphatic carbocycles. The van der Waals surface area contributed by atoms with Crippen LogP contribution in [0.5, 0.6) is 0 Å². The van der Waals surface area contributed by atoms with Gasteiger partial charge in [0.25, 0.3) is 0 Å². The first-order valence-electron chi connectivity index (χ1n) is 8.60.